The van der Waals surface area contributed by atoms with Crippen LogP contribution in [0.2, 0.25) is 0 Å². The molecule has 2 nitrogen and oxygen atoms in total. The maximum atomic E-state index is 12.6. The Labute approximate surface area is 128 Å². The number of Topliss-reactive ketones (excluding diaryl/α,β-unsaturated/α-hetero) is 1. The molecule has 4 rings (SSSR count). The van der Waals surface area contributed by atoms with Crippen molar-refractivity contribution in [1.29, 1.82) is 0 Å². The Hall–Kier alpha value is -2.87. The molecular formula is C20H14O2. The van der Waals surface area contributed by atoms with Gasteiger partial charge in [-0.1, -0.05) is 61.2 Å². The second-order valence-electron chi connectivity index (χ2n) is 5.42. The number of rotatable bonds is 1. The second-order valence-corrected chi connectivity index (χ2v) is 5.42. The fourth-order valence-corrected chi connectivity index (χ4v) is 2.98. The molecule has 22 heavy (non-hydrogen) atoms. The van der Waals surface area contributed by atoms with Crippen molar-refractivity contribution in [2.75, 3.05) is 0 Å². The van der Waals surface area contributed by atoms with Crippen LogP contribution in [0.25, 0.3) is 10.8 Å². The van der Waals surface area contributed by atoms with E-state index in [4.69, 9.17) is 4.74 Å². The van der Waals surface area contributed by atoms with E-state index < -0.39 is 6.10 Å². The smallest absolute Gasteiger partial charge is 0.196 e. The van der Waals surface area contributed by atoms with Crippen molar-refractivity contribution in [2.45, 2.75) is 6.10 Å². The Morgan fingerprint density at radius 2 is 1.59 bits per heavy atom. The molecule has 2 heteroatoms. The molecule has 0 spiro atoms. The van der Waals surface area contributed by atoms with E-state index in [-0.39, 0.29) is 5.78 Å². The molecule has 3 aromatic carbocycles. The standard InChI is InChI=1S/C20H14O2/c1-13-19(21)17-10-4-5-12-18(17)22-20(13)16-11-6-8-14-7-2-3-9-15(14)16/h2-12,20H,1H2/t20-/m1/s1. The van der Waals surface area contributed by atoms with Crippen LogP contribution in [0.4, 0.5) is 0 Å². The first kappa shape index (κ1) is 12.8. The number of hydrogen-bond donors (Lipinski definition) is 0. The van der Waals surface area contributed by atoms with Crippen LogP contribution in [0.15, 0.2) is 78.9 Å². The molecular weight excluding hydrogens is 272 g/mol. The lowest BCUT2D eigenvalue weighted by atomic mass is 9.90. The average molecular weight is 286 g/mol. The molecule has 0 radical (unpaired) electrons. The van der Waals surface area contributed by atoms with Crippen molar-refractivity contribution in [3.8, 4) is 5.75 Å². The summed E-state index contributed by atoms with van der Waals surface area (Å²) in [7, 11) is 0. The van der Waals surface area contributed by atoms with Gasteiger partial charge in [0.15, 0.2) is 11.9 Å². The Kier molecular flexibility index (Phi) is 2.83. The fourth-order valence-electron chi connectivity index (χ4n) is 2.98. The molecule has 3 aromatic rings. The van der Waals surface area contributed by atoms with Gasteiger partial charge < -0.3 is 4.74 Å². The lowest BCUT2D eigenvalue weighted by Gasteiger charge is -2.28. The maximum absolute atomic E-state index is 12.6. The quantitative estimate of drug-likeness (QED) is 0.605. The van der Waals surface area contributed by atoms with Crippen LogP contribution in [0.5, 0.6) is 5.75 Å². The normalized spacial score (nSPS) is 17.2. The van der Waals surface area contributed by atoms with Crippen LogP contribution in [-0.4, -0.2) is 5.78 Å². The van der Waals surface area contributed by atoms with Crippen LogP contribution < -0.4 is 4.74 Å². The van der Waals surface area contributed by atoms with Gasteiger partial charge in [-0.05, 0) is 22.9 Å². The van der Waals surface area contributed by atoms with E-state index in [2.05, 4.69) is 18.7 Å². The summed E-state index contributed by atoms with van der Waals surface area (Å²) in [4.78, 5) is 12.6. The molecule has 1 heterocycles. The molecule has 0 aromatic heterocycles. The number of carbonyl (C=O) groups is 1. The summed E-state index contributed by atoms with van der Waals surface area (Å²) in [6.45, 7) is 3.98. The first-order valence-corrected chi connectivity index (χ1v) is 7.22. The van der Waals surface area contributed by atoms with Crippen LogP contribution in [0.3, 0.4) is 0 Å². The van der Waals surface area contributed by atoms with E-state index in [0.29, 0.717) is 16.9 Å². The van der Waals surface area contributed by atoms with Gasteiger partial charge in [0, 0.05) is 11.1 Å². The number of carbonyl (C=O) groups excluding carboxylic acids is 1. The van der Waals surface area contributed by atoms with E-state index in [1.54, 1.807) is 6.07 Å². The molecule has 0 N–H and O–H groups in total. The Morgan fingerprint density at radius 3 is 2.50 bits per heavy atom. The summed E-state index contributed by atoms with van der Waals surface area (Å²) >= 11 is 0. The third-order valence-electron chi connectivity index (χ3n) is 4.09. The van der Waals surface area contributed by atoms with Gasteiger partial charge in [-0.3, -0.25) is 4.79 Å². The highest BCUT2D eigenvalue weighted by Crippen LogP contribution is 2.39. The van der Waals surface area contributed by atoms with Crippen LogP contribution in [0, 0.1) is 0 Å². The summed E-state index contributed by atoms with van der Waals surface area (Å²) < 4.78 is 6.09. The number of ketones is 1. The highest BCUT2D eigenvalue weighted by molar-refractivity contribution is 6.12. The number of ether oxygens (including phenoxy) is 1. The van der Waals surface area contributed by atoms with E-state index in [1.165, 1.54) is 0 Å². The zero-order valence-electron chi connectivity index (χ0n) is 12.0. The highest BCUT2D eigenvalue weighted by Gasteiger charge is 2.31. The number of hydrogen-bond acceptors (Lipinski definition) is 2. The van der Waals surface area contributed by atoms with Gasteiger partial charge in [-0.2, -0.15) is 0 Å². The van der Waals surface area contributed by atoms with Crippen molar-refractivity contribution >= 4 is 16.6 Å². The third kappa shape index (κ3) is 1.85. The number of fused-ring (bicyclic) bond motifs is 2. The minimum Gasteiger partial charge on any atom is -0.480 e. The Morgan fingerprint density at radius 1 is 0.864 bits per heavy atom. The van der Waals surface area contributed by atoms with E-state index >= 15 is 0 Å². The maximum Gasteiger partial charge on any atom is 0.196 e. The summed E-state index contributed by atoms with van der Waals surface area (Å²) in [6.07, 6.45) is -0.437. The van der Waals surface area contributed by atoms with Gasteiger partial charge >= 0.3 is 0 Å². The average Bonchev–Trinajstić information content (AvgIpc) is 2.58. The molecule has 1 aliphatic rings. The molecule has 0 saturated carbocycles. The summed E-state index contributed by atoms with van der Waals surface area (Å²) in [6, 6.07) is 21.5. The lowest BCUT2D eigenvalue weighted by Crippen LogP contribution is -2.23. The Bertz CT molecular complexity index is 903. The summed E-state index contributed by atoms with van der Waals surface area (Å²) in [5, 5.41) is 2.21. The van der Waals surface area contributed by atoms with Gasteiger partial charge in [0.25, 0.3) is 0 Å². The van der Waals surface area contributed by atoms with Crippen LogP contribution >= 0.6 is 0 Å². The molecule has 0 unspecified atom stereocenters. The monoisotopic (exact) mass is 286 g/mol. The van der Waals surface area contributed by atoms with E-state index in [9.17, 15) is 4.79 Å². The molecule has 0 saturated heterocycles. The Balaban J connectivity index is 1.90. The predicted octanol–water partition coefficient (Wildman–Crippen LogP) is 4.71. The van der Waals surface area contributed by atoms with Crippen molar-refractivity contribution in [3.05, 3.63) is 90.0 Å². The van der Waals surface area contributed by atoms with E-state index in [1.807, 2.05) is 48.5 Å². The van der Waals surface area contributed by atoms with Gasteiger partial charge in [-0.25, -0.2) is 0 Å². The molecule has 0 fully saturated rings. The molecule has 0 bridgehead atoms. The number of para-hydroxylation sites is 1. The highest BCUT2D eigenvalue weighted by atomic mass is 16.5. The molecule has 1 atom stereocenters. The largest absolute Gasteiger partial charge is 0.480 e. The first-order valence-electron chi connectivity index (χ1n) is 7.22. The second kappa shape index (κ2) is 4.85. The fraction of sp³-hybridized carbons (Fsp3) is 0.0500. The van der Waals surface area contributed by atoms with Gasteiger partial charge in [-0.15, -0.1) is 0 Å². The molecule has 106 valence electrons. The van der Waals surface area contributed by atoms with Crippen molar-refractivity contribution in [2.24, 2.45) is 0 Å². The lowest BCUT2D eigenvalue weighted by molar-refractivity contribution is 0.0963. The molecule has 0 amide bonds. The van der Waals surface area contributed by atoms with Crippen molar-refractivity contribution in [1.82, 2.24) is 0 Å². The molecule has 0 aliphatic carbocycles. The minimum absolute atomic E-state index is 0.0419. The van der Waals surface area contributed by atoms with Gasteiger partial charge in [0.2, 0.25) is 0 Å². The van der Waals surface area contributed by atoms with Crippen molar-refractivity contribution in [3.63, 3.8) is 0 Å². The topological polar surface area (TPSA) is 26.3 Å². The molecule has 1 aliphatic heterocycles. The van der Waals surface area contributed by atoms with E-state index in [0.717, 1.165) is 16.3 Å². The van der Waals surface area contributed by atoms with Crippen LogP contribution in [0.1, 0.15) is 22.0 Å². The minimum atomic E-state index is -0.437. The van der Waals surface area contributed by atoms with Gasteiger partial charge in [0.05, 0.1) is 5.56 Å². The van der Waals surface area contributed by atoms with Gasteiger partial charge in [0.1, 0.15) is 5.75 Å². The number of benzene rings is 3. The first-order chi connectivity index (χ1) is 10.8. The van der Waals surface area contributed by atoms with Crippen molar-refractivity contribution < 1.29 is 9.53 Å². The summed E-state index contributed by atoms with van der Waals surface area (Å²) in [5.41, 5.74) is 2.05. The SMILES string of the molecule is C=C1C(=O)c2ccccc2O[C@H]1c1cccc2ccccc12. The zero-order valence-corrected chi connectivity index (χ0v) is 12.0. The van der Waals surface area contributed by atoms with Crippen LogP contribution in [-0.2, 0) is 0 Å². The predicted molar refractivity (Wildman–Crippen MR) is 87.2 cm³/mol. The summed E-state index contributed by atoms with van der Waals surface area (Å²) in [5.74, 6) is 0.581. The zero-order chi connectivity index (χ0) is 15.1. The third-order valence-corrected chi connectivity index (χ3v) is 4.09.